The van der Waals surface area contributed by atoms with Gasteiger partial charge in [0.1, 0.15) is 30.5 Å². The number of hydrogen-bond acceptors (Lipinski definition) is 9. The molecule has 0 aliphatic carbocycles. The van der Waals surface area contributed by atoms with Crippen LogP contribution in [0.5, 0.6) is 0 Å². The van der Waals surface area contributed by atoms with E-state index in [2.05, 4.69) is 25.6 Å². The van der Waals surface area contributed by atoms with Crippen molar-refractivity contribution in [3.63, 3.8) is 0 Å². The number of nitrogens with one attached hydrogen (secondary N) is 2. The number of carbonyl (C=O) groups is 2. The van der Waals surface area contributed by atoms with Crippen LogP contribution >= 0.6 is 0 Å². The Kier molecular flexibility index (Phi) is 7.75. The highest BCUT2D eigenvalue weighted by Gasteiger charge is 2.54. The summed E-state index contributed by atoms with van der Waals surface area (Å²) < 4.78 is 40.9. The van der Waals surface area contributed by atoms with E-state index in [-0.39, 0.29) is 30.2 Å². The van der Waals surface area contributed by atoms with Crippen LogP contribution in [-0.4, -0.2) is 68.1 Å². The number of nitrogens with zero attached hydrogens (tertiary/aromatic N) is 4. The fourth-order valence-corrected chi connectivity index (χ4v) is 5.09. The van der Waals surface area contributed by atoms with Crippen LogP contribution in [-0.2, 0) is 25.6 Å². The second kappa shape index (κ2) is 11.8. The second-order valence-electron chi connectivity index (χ2n) is 9.63. The van der Waals surface area contributed by atoms with E-state index in [0.29, 0.717) is 17.7 Å². The van der Waals surface area contributed by atoms with Crippen molar-refractivity contribution in [3.05, 3.63) is 83.7 Å². The third-order valence-corrected chi connectivity index (χ3v) is 7.00. The number of rotatable bonds is 9. The lowest BCUT2D eigenvalue weighted by molar-refractivity contribution is -0.158. The van der Waals surface area contributed by atoms with Gasteiger partial charge in [-0.1, -0.05) is 36.4 Å². The van der Waals surface area contributed by atoms with Crippen molar-refractivity contribution in [1.29, 1.82) is 0 Å². The molecule has 0 bridgehead atoms. The first-order valence-corrected chi connectivity index (χ1v) is 13.3. The van der Waals surface area contributed by atoms with Gasteiger partial charge in [-0.15, -0.1) is 0 Å². The van der Waals surface area contributed by atoms with Gasteiger partial charge in [-0.05, 0) is 19.1 Å². The van der Waals surface area contributed by atoms with Gasteiger partial charge in [0.25, 0.3) is 0 Å². The lowest BCUT2D eigenvalue weighted by Crippen LogP contribution is -2.31. The average Bonchev–Trinajstić information content (AvgIpc) is 3.69. The van der Waals surface area contributed by atoms with E-state index in [9.17, 15) is 19.1 Å². The second-order valence-corrected chi connectivity index (χ2v) is 9.63. The van der Waals surface area contributed by atoms with Gasteiger partial charge in [0.05, 0.1) is 25.1 Å². The smallest absolute Gasteiger partial charge is 0.336 e. The zero-order chi connectivity index (χ0) is 29.2. The summed E-state index contributed by atoms with van der Waals surface area (Å²) in [5, 5.41) is 14.8. The molecule has 2 saturated heterocycles. The highest BCUT2D eigenvalue weighted by atomic mass is 19.1. The minimum Gasteiger partial charge on any atom is -0.478 e. The third-order valence-electron chi connectivity index (χ3n) is 7.00. The molecule has 0 radical (unpaired) electrons. The van der Waals surface area contributed by atoms with Crippen molar-refractivity contribution < 1.29 is 38.0 Å². The van der Waals surface area contributed by atoms with Crippen molar-refractivity contribution in [2.75, 3.05) is 18.5 Å². The first kappa shape index (κ1) is 27.7. The molecule has 6 rings (SSSR count). The van der Waals surface area contributed by atoms with Gasteiger partial charge in [0.2, 0.25) is 0 Å². The first-order valence-electron chi connectivity index (χ1n) is 13.3. The summed E-state index contributed by atoms with van der Waals surface area (Å²) in [6.45, 7) is 1.91. The number of hydrogen-bond donors (Lipinski definition) is 3. The summed E-state index contributed by atoms with van der Waals surface area (Å²) in [7, 11) is 0. The Morgan fingerprint density at radius 3 is 2.64 bits per heavy atom. The summed E-state index contributed by atoms with van der Waals surface area (Å²) in [4.78, 5) is 36.6. The number of amides is 2. The quantitative estimate of drug-likeness (QED) is 0.269. The molecule has 0 spiro atoms. The molecule has 3 N–H and O–H groups in total. The predicted molar refractivity (Wildman–Crippen MR) is 144 cm³/mol. The number of urea groups is 1. The molecule has 5 atom stereocenters. The summed E-state index contributed by atoms with van der Waals surface area (Å²) in [5.74, 6) is -1.70. The Bertz CT molecular complexity index is 1600. The van der Waals surface area contributed by atoms with E-state index in [1.165, 1.54) is 30.9 Å². The number of carbonyl (C=O) groups excluding carboxylic acids is 1. The zero-order valence-corrected chi connectivity index (χ0v) is 22.3. The van der Waals surface area contributed by atoms with E-state index in [4.69, 9.17) is 18.9 Å². The number of ether oxygens (including phenoxy) is 4. The fraction of sp³-hybridized carbons (Fsp3) is 0.321. The van der Waals surface area contributed by atoms with Crippen LogP contribution < -0.4 is 10.6 Å². The maximum absolute atomic E-state index is 14.4. The van der Waals surface area contributed by atoms with Gasteiger partial charge in [-0.3, -0.25) is 9.88 Å². The van der Waals surface area contributed by atoms with Gasteiger partial charge >= 0.3 is 12.0 Å². The Hall–Kier alpha value is -4.50. The molecule has 2 aromatic carbocycles. The molecule has 4 heterocycles. The number of anilines is 1. The van der Waals surface area contributed by atoms with Crippen molar-refractivity contribution in [2.24, 2.45) is 0 Å². The number of benzene rings is 2. The van der Waals surface area contributed by atoms with Crippen LogP contribution in [0.4, 0.5) is 15.0 Å². The summed E-state index contributed by atoms with van der Waals surface area (Å²) in [6, 6.07) is 12.8. The molecule has 0 saturated carbocycles. The van der Waals surface area contributed by atoms with E-state index in [1.54, 1.807) is 11.5 Å². The third kappa shape index (κ3) is 5.27. The largest absolute Gasteiger partial charge is 0.478 e. The highest BCUT2D eigenvalue weighted by molar-refractivity contribution is 5.95. The van der Waals surface area contributed by atoms with Gasteiger partial charge in [0.15, 0.2) is 29.5 Å². The molecule has 2 aromatic heterocycles. The molecular weight excluding hydrogens is 551 g/mol. The molecule has 13 nitrogen and oxygen atoms in total. The minimum atomic E-state index is -1.25. The zero-order valence-electron chi connectivity index (χ0n) is 22.3. The maximum atomic E-state index is 14.4. The number of aromatic carboxylic acids is 1. The molecule has 2 amide bonds. The molecule has 2 fully saturated rings. The lowest BCUT2D eigenvalue weighted by Gasteiger charge is -2.21. The summed E-state index contributed by atoms with van der Waals surface area (Å²) in [6.07, 6.45) is -0.475. The normalized spacial score (nSPS) is 23.1. The Morgan fingerprint density at radius 1 is 1.05 bits per heavy atom. The molecule has 4 aromatic rings. The summed E-state index contributed by atoms with van der Waals surface area (Å²) in [5.41, 5.74) is 1.32. The van der Waals surface area contributed by atoms with Gasteiger partial charge in [-0.2, -0.15) is 0 Å². The van der Waals surface area contributed by atoms with Crippen molar-refractivity contribution in [3.8, 4) is 0 Å². The Balaban J connectivity index is 1.26. The predicted octanol–water partition coefficient (Wildman–Crippen LogP) is 3.40. The van der Waals surface area contributed by atoms with Gasteiger partial charge < -0.3 is 29.4 Å². The van der Waals surface area contributed by atoms with Crippen LogP contribution in [0, 0.1) is 5.82 Å². The molecule has 218 valence electrons. The molecular formula is C28H27FN6O7. The summed E-state index contributed by atoms with van der Waals surface area (Å²) >= 11 is 0. The number of aromatic nitrogens is 4. The van der Waals surface area contributed by atoms with Crippen LogP contribution in [0.3, 0.4) is 0 Å². The van der Waals surface area contributed by atoms with Crippen LogP contribution in [0.25, 0.3) is 11.2 Å². The Morgan fingerprint density at radius 2 is 1.86 bits per heavy atom. The molecule has 4 unspecified atom stereocenters. The minimum absolute atomic E-state index is 0.0401. The van der Waals surface area contributed by atoms with Crippen molar-refractivity contribution in [1.82, 2.24) is 24.8 Å². The molecule has 2 aliphatic rings. The van der Waals surface area contributed by atoms with E-state index in [0.717, 1.165) is 5.56 Å². The maximum Gasteiger partial charge on any atom is 0.336 e. The Labute approximate surface area is 238 Å². The van der Waals surface area contributed by atoms with Gasteiger partial charge in [0, 0.05) is 17.7 Å². The SMILES string of the molecule is CCNC(=O)Nc1ncnc2c1ncn2C1OC(COCc2c(F)cccc2C(=O)O)C2O[C@H](c3ccccc3)OC21. The van der Waals surface area contributed by atoms with Crippen molar-refractivity contribution >= 4 is 29.0 Å². The molecule has 2 aliphatic heterocycles. The fourth-order valence-electron chi connectivity index (χ4n) is 5.09. The van der Waals surface area contributed by atoms with Crippen LogP contribution in [0.1, 0.15) is 40.9 Å². The lowest BCUT2D eigenvalue weighted by atomic mass is 10.1. The van der Waals surface area contributed by atoms with Crippen molar-refractivity contribution in [2.45, 2.75) is 44.4 Å². The number of carboxylic acid groups (broad SMARTS) is 1. The number of carboxylic acids is 1. The van der Waals surface area contributed by atoms with E-state index >= 15 is 0 Å². The van der Waals surface area contributed by atoms with E-state index < -0.39 is 48.6 Å². The van der Waals surface area contributed by atoms with Crippen LogP contribution in [0.2, 0.25) is 0 Å². The monoisotopic (exact) mass is 578 g/mol. The van der Waals surface area contributed by atoms with E-state index in [1.807, 2.05) is 30.3 Å². The number of fused-ring (bicyclic) bond motifs is 2. The average molecular weight is 579 g/mol. The van der Waals surface area contributed by atoms with Crippen LogP contribution in [0.15, 0.2) is 61.2 Å². The molecule has 42 heavy (non-hydrogen) atoms. The number of halogens is 1. The molecule has 14 heteroatoms. The number of imidazole rings is 1. The standard InChI is InChI=1S/C28H27FN6O7/c1-2-30-28(38)34-23-20-24(32-13-31-23)35(14-33-20)25-22-21(41-27(42-22)15-7-4-3-5-8-15)19(40-25)12-39-11-17-16(26(36)37)9-6-10-18(17)29/h3-10,13-14,19,21-22,25,27H,2,11-12H2,1H3,(H,36,37)(H2,30,31,32,34,38)/t19?,21?,22?,25?,27-/m0/s1. The first-order chi connectivity index (χ1) is 20.4. The topological polar surface area (TPSA) is 159 Å². The highest BCUT2D eigenvalue weighted by Crippen LogP contribution is 2.45. The van der Waals surface area contributed by atoms with Gasteiger partial charge in [-0.25, -0.2) is 28.9 Å².